The standard InChI is InChI=1S/C8H11Br2NO/c1-3-4-11-6(12)7(2)5-8(7,9)10/h3H,1,4-5H2,2H3,(H,11,12)/t7-/m0/s1. The van der Waals surface area contributed by atoms with Crippen molar-refractivity contribution in [2.45, 2.75) is 16.6 Å². The minimum Gasteiger partial charge on any atom is -0.352 e. The Balaban J connectivity index is 2.50. The molecule has 0 bridgehead atoms. The van der Waals surface area contributed by atoms with E-state index in [1.165, 1.54) is 0 Å². The molecule has 12 heavy (non-hydrogen) atoms. The second-order valence-corrected chi connectivity index (χ2v) is 6.98. The molecule has 1 atom stereocenters. The van der Waals surface area contributed by atoms with Crippen LogP contribution >= 0.6 is 31.9 Å². The lowest BCUT2D eigenvalue weighted by Gasteiger charge is -2.11. The quantitative estimate of drug-likeness (QED) is 0.628. The van der Waals surface area contributed by atoms with Crippen LogP contribution in [0.5, 0.6) is 0 Å². The minimum absolute atomic E-state index is 0.0659. The average Bonchev–Trinajstić information content (AvgIpc) is 2.48. The van der Waals surface area contributed by atoms with Gasteiger partial charge >= 0.3 is 0 Å². The predicted octanol–water partition coefficient (Wildman–Crippen LogP) is 2.18. The molecule has 1 aliphatic rings. The average molecular weight is 297 g/mol. The summed E-state index contributed by atoms with van der Waals surface area (Å²) in [5, 5.41) is 2.77. The summed E-state index contributed by atoms with van der Waals surface area (Å²) in [6, 6.07) is 0. The lowest BCUT2D eigenvalue weighted by atomic mass is 10.1. The third kappa shape index (κ3) is 1.59. The molecule has 0 unspecified atom stereocenters. The summed E-state index contributed by atoms with van der Waals surface area (Å²) in [7, 11) is 0. The molecular formula is C8H11Br2NO. The van der Waals surface area contributed by atoms with Crippen molar-refractivity contribution in [3.05, 3.63) is 12.7 Å². The number of carbonyl (C=O) groups excluding carboxylic acids is 1. The van der Waals surface area contributed by atoms with Crippen molar-refractivity contribution in [2.24, 2.45) is 5.41 Å². The SMILES string of the molecule is C=CCNC(=O)[C@]1(C)CC1(Br)Br. The van der Waals surface area contributed by atoms with Gasteiger partial charge in [0.15, 0.2) is 0 Å². The maximum Gasteiger partial charge on any atom is 0.228 e. The van der Waals surface area contributed by atoms with Gasteiger partial charge in [-0.3, -0.25) is 4.79 Å². The molecule has 0 aliphatic heterocycles. The van der Waals surface area contributed by atoms with E-state index in [0.29, 0.717) is 6.54 Å². The van der Waals surface area contributed by atoms with Crippen molar-refractivity contribution >= 4 is 37.8 Å². The molecule has 1 N–H and O–H groups in total. The van der Waals surface area contributed by atoms with Crippen LogP contribution < -0.4 is 5.32 Å². The molecule has 2 nitrogen and oxygen atoms in total. The predicted molar refractivity (Wildman–Crippen MR) is 56.5 cm³/mol. The van der Waals surface area contributed by atoms with Crippen LogP contribution in [-0.4, -0.2) is 15.7 Å². The fourth-order valence-electron chi connectivity index (χ4n) is 1.01. The van der Waals surface area contributed by atoms with Gasteiger partial charge in [-0.1, -0.05) is 37.9 Å². The zero-order valence-electron chi connectivity index (χ0n) is 6.86. The molecule has 1 saturated carbocycles. The highest BCUT2D eigenvalue weighted by Crippen LogP contribution is 2.66. The highest BCUT2D eigenvalue weighted by molar-refractivity contribution is 9.25. The van der Waals surface area contributed by atoms with Crippen LogP contribution in [0.4, 0.5) is 0 Å². The van der Waals surface area contributed by atoms with E-state index >= 15 is 0 Å². The minimum atomic E-state index is -0.310. The van der Waals surface area contributed by atoms with Gasteiger partial charge < -0.3 is 5.32 Å². The molecule has 0 aromatic heterocycles. The topological polar surface area (TPSA) is 29.1 Å². The number of halogens is 2. The second-order valence-electron chi connectivity index (χ2n) is 3.21. The first-order chi connectivity index (χ1) is 5.44. The Labute approximate surface area is 89.0 Å². The summed E-state index contributed by atoms with van der Waals surface area (Å²) in [5.74, 6) is 0.0659. The van der Waals surface area contributed by atoms with E-state index in [9.17, 15) is 4.79 Å². The molecule has 0 aromatic rings. The molecule has 0 heterocycles. The highest BCUT2D eigenvalue weighted by Gasteiger charge is 2.66. The molecule has 0 spiro atoms. The lowest BCUT2D eigenvalue weighted by molar-refractivity contribution is -0.125. The summed E-state index contributed by atoms with van der Waals surface area (Å²) in [6.45, 7) is 5.99. The fraction of sp³-hybridized carbons (Fsp3) is 0.625. The fourth-order valence-corrected chi connectivity index (χ4v) is 2.49. The third-order valence-corrected chi connectivity index (χ3v) is 4.48. The van der Waals surface area contributed by atoms with E-state index in [2.05, 4.69) is 43.8 Å². The molecule has 1 aliphatic carbocycles. The number of amides is 1. The Morgan fingerprint density at radius 3 is 2.58 bits per heavy atom. The van der Waals surface area contributed by atoms with Gasteiger partial charge in [0.25, 0.3) is 0 Å². The van der Waals surface area contributed by atoms with Gasteiger partial charge in [0.2, 0.25) is 5.91 Å². The lowest BCUT2D eigenvalue weighted by Crippen LogP contribution is -2.33. The monoisotopic (exact) mass is 295 g/mol. The Morgan fingerprint density at radius 2 is 2.25 bits per heavy atom. The van der Waals surface area contributed by atoms with Crippen LogP contribution in [0.1, 0.15) is 13.3 Å². The number of nitrogens with one attached hydrogen (secondary N) is 1. The van der Waals surface area contributed by atoms with Gasteiger partial charge in [-0.25, -0.2) is 0 Å². The van der Waals surface area contributed by atoms with E-state index in [1.807, 2.05) is 6.92 Å². The summed E-state index contributed by atoms with van der Waals surface area (Å²) in [5.41, 5.74) is -0.310. The summed E-state index contributed by atoms with van der Waals surface area (Å²) in [4.78, 5) is 11.5. The number of carbonyl (C=O) groups is 1. The zero-order chi connectivity index (χ0) is 9.41. The van der Waals surface area contributed by atoms with Crippen LogP contribution in [0.15, 0.2) is 12.7 Å². The van der Waals surface area contributed by atoms with E-state index in [-0.39, 0.29) is 14.6 Å². The number of hydrogen-bond acceptors (Lipinski definition) is 1. The first-order valence-corrected chi connectivity index (χ1v) is 5.30. The van der Waals surface area contributed by atoms with Gasteiger partial charge in [0, 0.05) is 6.54 Å². The van der Waals surface area contributed by atoms with Crippen LogP contribution in [0.2, 0.25) is 0 Å². The molecule has 4 heteroatoms. The molecule has 1 fully saturated rings. The molecule has 0 radical (unpaired) electrons. The summed E-state index contributed by atoms with van der Waals surface area (Å²) >= 11 is 6.86. The first-order valence-electron chi connectivity index (χ1n) is 3.71. The molecule has 0 saturated heterocycles. The van der Waals surface area contributed by atoms with Gasteiger partial charge in [-0.2, -0.15) is 0 Å². The normalized spacial score (nSPS) is 30.9. The van der Waals surface area contributed by atoms with E-state index < -0.39 is 0 Å². The van der Waals surface area contributed by atoms with E-state index in [4.69, 9.17) is 0 Å². The van der Waals surface area contributed by atoms with Gasteiger partial charge in [0.1, 0.15) is 0 Å². The van der Waals surface area contributed by atoms with Crippen molar-refractivity contribution in [1.29, 1.82) is 0 Å². The van der Waals surface area contributed by atoms with Crippen molar-refractivity contribution in [3.8, 4) is 0 Å². The summed E-state index contributed by atoms with van der Waals surface area (Å²) < 4.78 is -0.196. The summed E-state index contributed by atoms with van der Waals surface area (Å²) in [6.07, 6.45) is 2.50. The van der Waals surface area contributed by atoms with Gasteiger partial charge in [-0.05, 0) is 13.3 Å². The van der Waals surface area contributed by atoms with Gasteiger partial charge in [0.05, 0.1) is 8.65 Å². The Hall–Kier alpha value is 0.170. The van der Waals surface area contributed by atoms with Crippen LogP contribution in [0.3, 0.4) is 0 Å². The zero-order valence-corrected chi connectivity index (χ0v) is 10.0. The molecule has 1 amide bonds. The Bertz CT molecular complexity index is 227. The van der Waals surface area contributed by atoms with Crippen molar-refractivity contribution in [3.63, 3.8) is 0 Å². The van der Waals surface area contributed by atoms with Crippen LogP contribution in [0, 0.1) is 5.41 Å². The van der Waals surface area contributed by atoms with Crippen molar-refractivity contribution < 1.29 is 4.79 Å². The highest BCUT2D eigenvalue weighted by atomic mass is 79.9. The maximum absolute atomic E-state index is 11.5. The van der Waals surface area contributed by atoms with E-state index in [1.54, 1.807) is 6.08 Å². The third-order valence-electron chi connectivity index (χ3n) is 2.17. The van der Waals surface area contributed by atoms with Crippen LogP contribution in [0.25, 0.3) is 0 Å². The smallest absolute Gasteiger partial charge is 0.228 e. The first kappa shape index (κ1) is 10.3. The van der Waals surface area contributed by atoms with Crippen molar-refractivity contribution in [2.75, 3.05) is 6.54 Å². The van der Waals surface area contributed by atoms with Gasteiger partial charge in [-0.15, -0.1) is 6.58 Å². The van der Waals surface area contributed by atoms with Crippen molar-refractivity contribution in [1.82, 2.24) is 5.32 Å². The molecular weight excluding hydrogens is 286 g/mol. The second kappa shape index (κ2) is 3.14. The number of hydrogen-bond donors (Lipinski definition) is 1. The largest absolute Gasteiger partial charge is 0.352 e. The Kier molecular flexibility index (Phi) is 2.69. The molecule has 1 rings (SSSR count). The maximum atomic E-state index is 11.5. The number of rotatable bonds is 3. The van der Waals surface area contributed by atoms with E-state index in [0.717, 1.165) is 6.42 Å². The Morgan fingerprint density at radius 1 is 1.75 bits per heavy atom. The molecule has 0 aromatic carbocycles. The number of alkyl halides is 2. The van der Waals surface area contributed by atoms with Crippen LogP contribution in [-0.2, 0) is 4.79 Å². The molecule has 68 valence electrons.